The first-order chi connectivity index (χ1) is 8.20. The normalized spacial score (nSPS) is 21.5. The van der Waals surface area contributed by atoms with Crippen molar-refractivity contribution in [1.29, 1.82) is 0 Å². The molecule has 1 saturated heterocycles. The van der Waals surface area contributed by atoms with Crippen LogP contribution in [0.2, 0.25) is 0 Å². The molecule has 0 radical (unpaired) electrons. The number of nitrogens with zero attached hydrogens (tertiary/aromatic N) is 4. The summed E-state index contributed by atoms with van der Waals surface area (Å²) in [6, 6.07) is 0.527. The standard InChI is InChI=1S/C12H23N5/c1-10(2)7-17-12(14-9-15-17)8-16-5-3-4-11(16)6-13/h9-11H,3-8,13H2,1-2H3. The van der Waals surface area contributed by atoms with E-state index in [2.05, 4.69) is 28.8 Å². The second-order valence-electron chi connectivity index (χ2n) is 5.25. The van der Waals surface area contributed by atoms with Gasteiger partial charge in [-0.05, 0) is 25.3 Å². The summed E-state index contributed by atoms with van der Waals surface area (Å²) in [7, 11) is 0. The number of nitrogens with two attached hydrogens (primary N) is 1. The first-order valence-corrected chi connectivity index (χ1v) is 6.51. The Labute approximate surface area is 103 Å². The number of likely N-dealkylation sites (tertiary alicyclic amines) is 1. The van der Waals surface area contributed by atoms with Gasteiger partial charge in [0.1, 0.15) is 12.2 Å². The maximum Gasteiger partial charge on any atom is 0.141 e. The van der Waals surface area contributed by atoms with E-state index >= 15 is 0 Å². The molecule has 1 fully saturated rings. The molecule has 0 aromatic carbocycles. The van der Waals surface area contributed by atoms with Crippen molar-refractivity contribution in [2.24, 2.45) is 11.7 Å². The number of hydrogen-bond acceptors (Lipinski definition) is 4. The van der Waals surface area contributed by atoms with Crippen LogP contribution in [0.15, 0.2) is 6.33 Å². The fourth-order valence-corrected chi connectivity index (χ4v) is 2.46. The van der Waals surface area contributed by atoms with Gasteiger partial charge in [0.15, 0.2) is 0 Å². The van der Waals surface area contributed by atoms with Crippen LogP contribution in [-0.4, -0.2) is 38.8 Å². The topological polar surface area (TPSA) is 60.0 Å². The highest BCUT2D eigenvalue weighted by atomic mass is 15.4. The Hall–Kier alpha value is -0.940. The van der Waals surface area contributed by atoms with Gasteiger partial charge < -0.3 is 5.73 Å². The maximum atomic E-state index is 5.79. The predicted octanol–water partition coefficient (Wildman–Crippen LogP) is 0.857. The van der Waals surface area contributed by atoms with Gasteiger partial charge in [-0.15, -0.1) is 0 Å². The van der Waals surface area contributed by atoms with E-state index < -0.39 is 0 Å². The van der Waals surface area contributed by atoms with E-state index in [-0.39, 0.29) is 0 Å². The van der Waals surface area contributed by atoms with Crippen molar-refractivity contribution in [3.8, 4) is 0 Å². The van der Waals surface area contributed by atoms with E-state index in [0.29, 0.717) is 12.0 Å². The molecule has 1 aliphatic heterocycles. The Morgan fingerprint density at radius 3 is 3.06 bits per heavy atom. The highest BCUT2D eigenvalue weighted by molar-refractivity contribution is 4.89. The summed E-state index contributed by atoms with van der Waals surface area (Å²) >= 11 is 0. The predicted molar refractivity (Wildman–Crippen MR) is 67.3 cm³/mol. The molecular weight excluding hydrogens is 214 g/mol. The molecule has 1 unspecified atom stereocenters. The second-order valence-corrected chi connectivity index (χ2v) is 5.25. The van der Waals surface area contributed by atoms with Crippen LogP contribution in [0.4, 0.5) is 0 Å². The Bertz CT molecular complexity index is 346. The molecule has 2 heterocycles. The van der Waals surface area contributed by atoms with E-state index in [4.69, 9.17) is 5.73 Å². The van der Waals surface area contributed by atoms with Crippen LogP contribution in [0.5, 0.6) is 0 Å². The average Bonchev–Trinajstić information content (AvgIpc) is 2.88. The first kappa shape index (κ1) is 12.5. The van der Waals surface area contributed by atoms with E-state index in [1.54, 1.807) is 6.33 Å². The third-order valence-electron chi connectivity index (χ3n) is 3.35. The second kappa shape index (κ2) is 5.60. The van der Waals surface area contributed by atoms with Crippen LogP contribution in [0.3, 0.4) is 0 Å². The van der Waals surface area contributed by atoms with Crippen molar-refractivity contribution in [2.45, 2.75) is 45.8 Å². The lowest BCUT2D eigenvalue weighted by molar-refractivity contribution is 0.237. The van der Waals surface area contributed by atoms with Gasteiger partial charge in [0.2, 0.25) is 0 Å². The van der Waals surface area contributed by atoms with Gasteiger partial charge in [-0.2, -0.15) is 5.10 Å². The van der Waals surface area contributed by atoms with E-state index in [0.717, 1.165) is 32.0 Å². The van der Waals surface area contributed by atoms with Crippen LogP contribution in [0, 0.1) is 5.92 Å². The third kappa shape index (κ3) is 3.04. The van der Waals surface area contributed by atoms with E-state index in [1.165, 1.54) is 12.8 Å². The molecule has 0 bridgehead atoms. The summed E-state index contributed by atoms with van der Waals surface area (Å²) in [5, 5.41) is 4.30. The molecule has 1 aromatic heterocycles. The van der Waals surface area contributed by atoms with E-state index in [9.17, 15) is 0 Å². The monoisotopic (exact) mass is 237 g/mol. The molecule has 5 heteroatoms. The SMILES string of the molecule is CC(C)Cn1ncnc1CN1CCCC1CN. The lowest BCUT2D eigenvalue weighted by Crippen LogP contribution is -2.35. The van der Waals surface area contributed by atoms with Crippen molar-refractivity contribution < 1.29 is 0 Å². The molecule has 0 spiro atoms. The number of aromatic nitrogens is 3. The summed E-state index contributed by atoms with van der Waals surface area (Å²) in [5.74, 6) is 1.67. The quantitative estimate of drug-likeness (QED) is 0.825. The average molecular weight is 237 g/mol. The summed E-state index contributed by atoms with van der Waals surface area (Å²) in [6.07, 6.45) is 4.13. The van der Waals surface area contributed by atoms with Crippen molar-refractivity contribution in [1.82, 2.24) is 19.7 Å². The first-order valence-electron chi connectivity index (χ1n) is 6.51. The van der Waals surface area contributed by atoms with Crippen molar-refractivity contribution >= 4 is 0 Å². The van der Waals surface area contributed by atoms with Gasteiger partial charge in [-0.3, -0.25) is 4.90 Å². The summed E-state index contributed by atoms with van der Waals surface area (Å²) in [5.41, 5.74) is 5.79. The smallest absolute Gasteiger partial charge is 0.141 e. The Morgan fingerprint density at radius 2 is 2.35 bits per heavy atom. The van der Waals surface area contributed by atoms with Crippen molar-refractivity contribution in [3.63, 3.8) is 0 Å². The molecule has 0 amide bonds. The third-order valence-corrected chi connectivity index (χ3v) is 3.35. The summed E-state index contributed by atoms with van der Waals surface area (Å²) < 4.78 is 2.02. The number of rotatable bonds is 5. The van der Waals surface area contributed by atoms with Crippen LogP contribution in [0.1, 0.15) is 32.5 Å². The molecule has 1 aliphatic rings. The van der Waals surface area contributed by atoms with Crippen molar-refractivity contribution in [2.75, 3.05) is 13.1 Å². The zero-order valence-electron chi connectivity index (χ0n) is 10.8. The molecule has 17 heavy (non-hydrogen) atoms. The van der Waals surface area contributed by atoms with Crippen LogP contribution in [0.25, 0.3) is 0 Å². The fourth-order valence-electron chi connectivity index (χ4n) is 2.46. The largest absolute Gasteiger partial charge is 0.329 e. The van der Waals surface area contributed by atoms with Gasteiger partial charge in [0.25, 0.3) is 0 Å². The minimum absolute atomic E-state index is 0.527. The molecule has 2 N–H and O–H groups in total. The lowest BCUT2D eigenvalue weighted by Gasteiger charge is -2.22. The van der Waals surface area contributed by atoms with Gasteiger partial charge >= 0.3 is 0 Å². The fraction of sp³-hybridized carbons (Fsp3) is 0.833. The molecule has 1 atom stereocenters. The molecule has 5 nitrogen and oxygen atoms in total. The van der Waals surface area contributed by atoms with Gasteiger partial charge in [0, 0.05) is 19.1 Å². The van der Waals surface area contributed by atoms with Gasteiger partial charge in [-0.25, -0.2) is 9.67 Å². The Morgan fingerprint density at radius 1 is 1.53 bits per heavy atom. The number of hydrogen-bond donors (Lipinski definition) is 1. The van der Waals surface area contributed by atoms with Gasteiger partial charge in [0.05, 0.1) is 6.54 Å². The highest BCUT2D eigenvalue weighted by Crippen LogP contribution is 2.18. The molecule has 1 aromatic rings. The highest BCUT2D eigenvalue weighted by Gasteiger charge is 2.24. The van der Waals surface area contributed by atoms with Crippen LogP contribution in [-0.2, 0) is 13.1 Å². The molecule has 0 saturated carbocycles. The minimum Gasteiger partial charge on any atom is -0.329 e. The van der Waals surface area contributed by atoms with Crippen LogP contribution < -0.4 is 5.73 Å². The Kier molecular flexibility index (Phi) is 4.12. The van der Waals surface area contributed by atoms with Crippen LogP contribution >= 0.6 is 0 Å². The molecule has 0 aliphatic carbocycles. The minimum atomic E-state index is 0.527. The van der Waals surface area contributed by atoms with Gasteiger partial charge in [-0.1, -0.05) is 13.8 Å². The maximum absolute atomic E-state index is 5.79. The summed E-state index contributed by atoms with van der Waals surface area (Å²) in [4.78, 5) is 6.80. The molecule has 2 rings (SSSR count). The van der Waals surface area contributed by atoms with E-state index in [1.807, 2.05) is 4.68 Å². The summed E-state index contributed by atoms with van der Waals surface area (Å²) in [6.45, 7) is 8.10. The zero-order chi connectivity index (χ0) is 12.3. The van der Waals surface area contributed by atoms with Crippen molar-refractivity contribution in [3.05, 3.63) is 12.2 Å². The molecule has 96 valence electrons. The molecular formula is C12H23N5. The Balaban J connectivity index is 2.00. The lowest BCUT2D eigenvalue weighted by atomic mass is 10.2. The zero-order valence-corrected chi connectivity index (χ0v) is 10.8.